The van der Waals surface area contributed by atoms with Crippen molar-refractivity contribution in [3.63, 3.8) is 0 Å². The molecule has 13 nitrogen and oxygen atoms in total. The normalized spacial score (nSPS) is 11.7. The number of ether oxygens (including phenoxy) is 1. The van der Waals surface area contributed by atoms with Crippen molar-refractivity contribution in [2.24, 2.45) is 7.05 Å². The molecule has 4 N–H and O–H groups in total. The molecule has 3 aromatic heterocycles. The first kappa shape index (κ1) is 31.0. The molecule has 0 unspecified atom stereocenters. The van der Waals surface area contributed by atoms with E-state index in [1.165, 1.54) is 12.1 Å². The van der Waals surface area contributed by atoms with Crippen LogP contribution in [0.1, 0.15) is 20.7 Å². The van der Waals surface area contributed by atoms with Crippen molar-refractivity contribution in [3.8, 4) is 57.1 Å². The standard InChI is InChI=1S/C41H24N8O5/c1-49-38-29-12-6-7-13-30(29)39(49)48-37-31-19-22(54-23-17-20(40(50)51)16-21(18-23)41(52)53)14-15-28(31)35(46-37)44-33-25-9-3-2-8-24(25)32(42-33)43-34-26-10-4-5-11-27(26)36(45-34)47-38/h2-19H,1H3,(H3,42,43,44,45,46,47,48,50,51,52,53)/p+1. The summed E-state index contributed by atoms with van der Waals surface area (Å²) in [5, 5.41) is 22.4. The number of carboxylic acids is 2. The Hall–Kier alpha value is -7.80. The van der Waals surface area contributed by atoms with E-state index in [9.17, 15) is 19.8 Å². The number of benzene rings is 5. The lowest BCUT2D eigenvalue weighted by Gasteiger charge is -2.08. The van der Waals surface area contributed by atoms with Gasteiger partial charge in [-0.25, -0.2) is 29.1 Å². The molecule has 258 valence electrons. The monoisotopic (exact) mass is 709 g/mol. The minimum Gasteiger partial charge on any atom is -0.478 e. The molecule has 5 aromatic carbocycles. The Balaban J connectivity index is 1.30. The average molecular weight is 710 g/mol. The van der Waals surface area contributed by atoms with E-state index >= 15 is 0 Å². The second-order valence-corrected chi connectivity index (χ2v) is 12.9. The lowest BCUT2D eigenvalue weighted by Crippen LogP contribution is -2.30. The summed E-state index contributed by atoms with van der Waals surface area (Å²) in [6.45, 7) is 0. The molecule has 0 aliphatic carbocycles. The highest BCUT2D eigenvalue weighted by atomic mass is 16.5. The van der Waals surface area contributed by atoms with Gasteiger partial charge in [0, 0.05) is 32.7 Å². The molecule has 13 heteroatoms. The third kappa shape index (κ3) is 4.87. The minimum absolute atomic E-state index is 0.0550. The number of hydrogen-bond donors (Lipinski definition) is 4. The number of nitrogens with one attached hydrogen (secondary N) is 2. The second kappa shape index (κ2) is 11.6. The van der Waals surface area contributed by atoms with Crippen molar-refractivity contribution < 1.29 is 29.1 Å². The van der Waals surface area contributed by atoms with Crippen molar-refractivity contribution in [3.05, 3.63) is 120 Å². The summed E-state index contributed by atoms with van der Waals surface area (Å²) in [7, 11) is 1.92. The number of aromatic carboxylic acids is 2. The molecule has 0 radical (unpaired) electrons. The lowest BCUT2D eigenvalue weighted by molar-refractivity contribution is -0.650. The van der Waals surface area contributed by atoms with Crippen molar-refractivity contribution in [2.75, 3.05) is 0 Å². The van der Waals surface area contributed by atoms with Crippen LogP contribution in [0.15, 0.2) is 109 Å². The van der Waals surface area contributed by atoms with Gasteiger partial charge in [0.05, 0.1) is 29.3 Å². The number of nitrogens with zero attached hydrogens (tertiary/aromatic N) is 6. The zero-order valence-corrected chi connectivity index (χ0v) is 28.2. The number of fused-ring (bicyclic) bond motifs is 20. The van der Waals surface area contributed by atoms with Gasteiger partial charge in [-0.1, -0.05) is 64.6 Å². The number of carboxylic acid groups (broad SMARTS) is 2. The van der Waals surface area contributed by atoms with Crippen molar-refractivity contribution in [2.45, 2.75) is 0 Å². The van der Waals surface area contributed by atoms with Crippen LogP contribution in [-0.2, 0) is 7.05 Å². The highest BCUT2D eigenvalue weighted by Gasteiger charge is 2.29. The van der Waals surface area contributed by atoms with Crippen LogP contribution in [0.5, 0.6) is 11.5 Å². The first-order valence-corrected chi connectivity index (χ1v) is 16.8. The van der Waals surface area contributed by atoms with Gasteiger partial charge < -0.3 is 24.9 Å². The van der Waals surface area contributed by atoms with Crippen LogP contribution >= 0.6 is 0 Å². The van der Waals surface area contributed by atoms with Crippen molar-refractivity contribution in [1.29, 1.82) is 0 Å². The first-order valence-electron chi connectivity index (χ1n) is 16.8. The van der Waals surface area contributed by atoms with Gasteiger partial charge >= 0.3 is 11.9 Å². The SMILES string of the molecule is C[n+]1c2nc3[nH]c(nc4nc(nc5[nH]c(nc1-c1ccccc1-2)c1cc(Oc2cc(C(=O)O)cc(C(=O)O)c2)ccc51)-c1ccccc1-4)c1ccccc31. The van der Waals surface area contributed by atoms with Crippen LogP contribution in [0.25, 0.3) is 89.7 Å². The summed E-state index contributed by atoms with van der Waals surface area (Å²) in [5.41, 5.74) is 5.21. The van der Waals surface area contributed by atoms with Gasteiger partial charge in [0.15, 0.2) is 11.6 Å². The Morgan fingerprint density at radius 1 is 0.519 bits per heavy atom. The number of carbonyl (C=O) groups is 2. The van der Waals surface area contributed by atoms with Crippen LogP contribution in [0.2, 0.25) is 0 Å². The van der Waals surface area contributed by atoms with E-state index in [1.54, 1.807) is 12.1 Å². The molecule has 2 aliphatic rings. The molecular formula is C41H25N8O5+. The fourth-order valence-corrected chi connectivity index (χ4v) is 7.07. The maximum atomic E-state index is 11.8. The van der Waals surface area contributed by atoms with Crippen LogP contribution in [0, 0.1) is 0 Å². The average Bonchev–Trinajstić information content (AvgIpc) is 3.89. The fourth-order valence-electron chi connectivity index (χ4n) is 7.07. The maximum absolute atomic E-state index is 11.8. The fraction of sp³-hybridized carbons (Fsp3) is 0.0244. The molecule has 2 aliphatic heterocycles. The Bertz CT molecular complexity index is 3100. The summed E-state index contributed by atoms with van der Waals surface area (Å²) in [6, 6.07) is 32.6. The van der Waals surface area contributed by atoms with Gasteiger partial charge in [0.2, 0.25) is 11.3 Å². The van der Waals surface area contributed by atoms with E-state index in [4.69, 9.17) is 29.7 Å². The molecule has 0 saturated heterocycles. The molecule has 0 amide bonds. The van der Waals surface area contributed by atoms with Crippen LogP contribution < -0.4 is 9.30 Å². The molecule has 0 saturated carbocycles. The largest absolute Gasteiger partial charge is 0.478 e. The van der Waals surface area contributed by atoms with Gasteiger partial charge in [0.1, 0.15) is 22.8 Å². The number of aromatic nitrogens is 8. The summed E-state index contributed by atoms with van der Waals surface area (Å²) < 4.78 is 8.04. The zero-order chi connectivity index (χ0) is 36.7. The maximum Gasteiger partial charge on any atom is 0.335 e. The summed E-state index contributed by atoms with van der Waals surface area (Å²) >= 11 is 0. The molecule has 10 rings (SSSR count). The van der Waals surface area contributed by atoms with E-state index in [0.29, 0.717) is 62.4 Å². The van der Waals surface area contributed by atoms with E-state index in [0.717, 1.165) is 39.1 Å². The second-order valence-electron chi connectivity index (χ2n) is 12.9. The predicted molar refractivity (Wildman–Crippen MR) is 200 cm³/mol. The van der Waals surface area contributed by atoms with E-state index in [2.05, 4.69) is 9.97 Å². The molecule has 5 heterocycles. The summed E-state index contributed by atoms with van der Waals surface area (Å²) in [6.07, 6.45) is 0. The topological polar surface area (TPSA) is 184 Å². The molecule has 0 atom stereocenters. The van der Waals surface area contributed by atoms with Crippen LogP contribution in [0.3, 0.4) is 0 Å². The number of H-pyrrole nitrogens is 2. The van der Waals surface area contributed by atoms with Crippen LogP contribution in [-0.4, -0.2) is 57.0 Å². The third-order valence-electron chi connectivity index (χ3n) is 9.58. The Morgan fingerprint density at radius 2 is 0.981 bits per heavy atom. The first-order chi connectivity index (χ1) is 26.3. The number of rotatable bonds is 4. The lowest BCUT2D eigenvalue weighted by atomic mass is 10.1. The van der Waals surface area contributed by atoms with Crippen molar-refractivity contribution >= 4 is 56.1 Å². The third-order valence-corrected chi connectivity index (χ3v) is 9.58. The van der Waals surface area contributed by atoms with Gasteiger partial charge in [-0.15, -0.1) is 0 Å². The molecule has 8 aromatic rings. The quantitative estimate of drug-likeness (QED) is 0.134. The zero-order valence-electron chi connectivity index (χ0n) is 28.2. The Kier molecular flexibility index (Phi) is 6.66. The molecule has 8 bridgehead atoms. The smallest absolute Gasteiger partial charge is 0.335 e. The molecule has 0 spiro atoms. The van der Waals surface area contributed by atoms with Crippen LogP contribution in [0.4, 0.5) is 0 Å². The summed E-state index contributed by atoms with van der Waals surface area (Å²) in [5.74, 6) is 0.120. The molecule has 54 heavy (non-hydrogen) atoms. The van der Waals surface area contributed by atoms with Gasteiger partial charge in [0.25, 0.3) is 11.6 Å². The van der Waals surface area contributed by atoms with Gasteiger partial charge in [-0.2, -0.15) is 0 Å². The Labute approximate surface area is 303 Å². The van der Waals surface area contributed by atoms with E-state index in [-0.39, 0.29) is 16.9 Å². The minimum atomic E-state index is -1.28. The number of aromatic amines is 2. The van der Waals surface area contributed by atoms with E-state index in [1.807, 2.05) is 90.5 Å². The highest BCUT2D eigenvalue weighted by molar-refractivity contribution is 6.06. The Morgan fingerprint density at radius 3 is 1.52 bits per heavy atom. The van der Waals surface area contributed by atoms with Gasteiger partial charge in [-0.05, 0) is 54.6 Å². The van der Waals surface area contributed by atoms with E-state index < -0.39 is 11.9 Å². The highest BCUT2D eigenvalue weighted by Crippen LogP contribution is 2.37. The molecular weight excluding hydrogens is 685 g/mol. The molecule has 0 fully saturated rings. The number of hydrogen-bond acceptors (Lipinski definition) is 8. The predicted octanol–water partition coefficient (Wildman–Crippen LogP) is 7.49. The van der Waals surface area contributed by atoms with Gasteiger partial charge in [-0.3, -0.25) is 0 Å². The summed E-state index contributed by atoms with van der Waals surface area (Å²) in [4.78, 5) is 55.9. The van der Waals surface area contributed by atoms with Crippen molar-refractivity contribution in [1.82, 2.24) is 34.9 Å².